The molecule has 2 N–H and O–H groups in total. The smallest absolute Gasteiger partial charge is 0.406 e. The monoisotopic (exact) mass is 520 g/mol. The average Bonchev–Trinajstić information content (AvgIpc) is 3.59. The molecule has 186 valence electrons. The lowest BCUT2D eigenvalue weighted by Crippen LogP contribution is -2.34. The molecule has 2 aliphatic rings. The van der Waals surface area contributed by atoms with Gasteiger partial charge in [0.15, 0.2) is 0 Å². The van der Waals surface area contributed by atoms with Crippen molar-refractivity contribution < 1.29 is 45.9 Å². The van der Waals surface area contributed by atoms with Crippen molar-refractivity contribution in [2.45, 2.75) is 30.0 Å². The Balaban J connectivity index is 1.52. The highest BCUT2D eigenvalue weighted by molar-refractivity contribution is 7.92. The van der Waals surface area contributed by atoms with E-state index in [2.05, 4.69) is 9.46 Å². The Morgan fingerprint density at radius 1 is 1.00 bits per heavy atom. The summed E-state index contributed by atoms with van der Waals surface area (Å²) in [4.78, 5) is 27.2. The predicted molar refractivity (Wildman–Crippen MR) is 117 cm³/mol. The van der Waals surface area contributed by atoms with Gasteiger partial charge in [-0.15, -0.1) is 13.2 Å². The largest absolute Gasteiger partial charge is 0.573 e. The summed E-state index contributed by atoms with van der Waals surface area (Å²) in [6.07, 6.45) is -0.856. The maximum Gasteiger partial charge on any atom is 0.573 e. The number of anilines is 2. The molecule has 2 amide bonds. The highest BCUT2D eigenvalue weighted by Gasteiger charge is 2.44. The van der Waals surface area contributed by atoms with Crippen LogP contribution in [-0.4, -0.2) is 31.8 Å². The van der Waals surface area contributed by atoms with Gasteiger partial charge in [0.05, 0.1) is 21.7 Å². The number of sulfonamides is 1. The van der Waals surface area contributed by atoms with Crippen molar-refractivity contribution in [2.75, 3.05) is 9.62 Å². The number of nitrogens with one attached hydrogen (secondary N) is 1. The average molecular weight is 520 g/mol. The minimum Gasteiger partial charge on any atom is -0.406 e. The van der Waals surface area contributed by atoms with Gasteiger partial charge in [0.25, 0.3) is 21.8 Å². The van der Waals surface area contributed by atoms with Crippen LogP contribution in [-0.2, 0) is 10.0 Å². The molecule has 0 unspecified atom stereocenters. The highest BCUT2D eigenvalue weighted by Crippen LogP contribution is 2.46. The van der Waals surface area contributed by atoms with Crippen LogP contribution < -0.4 is 19.1 Å². The number of fused-ring (bicyclic) bond motifs is 1. The second-order valence-electron chi connectivity index (χ2n) is 8.24. The molecule has 3 aromatic rings. The second kappa shape index (κ2) is 8.22. The molecular weight excluding hydrogens is 503 g/mol. The van der Waals surface area contributed by atoms with E-state index in [0.29, 0.717) is 10.3 Å². The van der Waals surface area contributed by atoms with Crippen molar-refractivity contribution in [1.29, 1.82) is 0 Å². The third-order valence-corrected chi connectivity index (χ3v) is 7.11. The van der Waals surface area contributed by atoms with E-state index < -0.39 is 33.9 Å². The topological polar surface area (TPSA) is 117 Å². The fourth-order valence-electron chi connectivity index (χ4n) is 4.05. The van der Waals surface area contributed by atoms with Gasteiger partial charge in [-0.25, -0.2) is 13.3 Å². The molecule has 1 aliphatic heterocycles. The van der Waals surface area contributed by atoms with Gasteiger partial charge in [-0.2, -0.15) is 0 Å². The van der Waals surface area contributed by atoms with Crippen LogP contribution in [0.1, 0.15) is 45.0 Å². The van der Waals surface area contributed by atoms with Gasteiger partial charge in [-0.05, 0) is 60.7 Å². The minimum atomic E-state index is -4.94. The van der Waals surface area contributed by atoms with Crippen LogP contribution in [0.4, 0.5) is 24.5 Å². The number of carbonyl (C=O) groups is 2. The Kier molecular flexibility index (Phi) is 5.39. The summed E-state index contributed by atoms with van der Waals surface area (Å²) in [5.74, 6) is -1.98. The van der Waals surface area contributed by atoms with Crippen LogP contribution in [0.15, 0.2) is 65.8 Å². The van der Waals surface area contributed by atoms with Gasteiger partial charge in [-0.1, -0.05) is 6.07 Å². The number of carbonyl (C=O) groups excluding carboxylic acids is 2. The molecule has 2 heterocycles. The summed E-state index contributed by atoms with van der Waals surface area (Å²) in [6, 6.07) is 9.38. The molecule has 5 rings (SSSR count). The second-order valence-corrected chi connectivity index (χ2v) is 9.92. The summed E-state index contributed by atoms with van der Waals surface area (Å²) in [7, 11) is -4.36. The number of benzene rings is 2. The zero-order valence-corrected chi connectivity index (χ0v) is 19.0. The van der Waals surface area contributed by atoms with Crippen molar-refractivity contribution in [3.8, 4) is 5.75 Å². The lowest BCUT2D eigenvalue weighted by atomic mass is 9.98. The van der Waals surface area contributed by atoms with E-state index in [9.17, 15) is 36.4 Å². The van der Waals surface area contributed by atoms with Gasteiger partial charge >= 0.3 is 6.36 Å². The van der Waals surface area contributed by atoms with Crippen molar-refractivity contribution in [2.24, 2.45) is 0 Å². The van der Waals surface area contributed by atoms with E-state index >= 15 is 0 Å². The first kappa shape index (κ1) is 23.6. The highest BCUT2D eigenvalue weighted by atomic mass is 32.2. The SMILES string of the molecule is O=C1c2c(NS(=O)(=O)c3ccc(OC(F)(F)F)cc3)ccc(C3CC3)c2C(=O)N1c1ccc[n+](O)c1. The first-order valence-corrected chi connectivity index (χ1v) is 12.1. The van der Waals surface area contributed by atoms with Crippen LogP contribution in [0.2, 0.25) is 0 Å². The normalized spacial score (nSPS) is 15.7. The Morgan fingerprint density at radius 3 is 2.28 bits per heavy atom. The molecule has 0 spiro atoms. The van der Waals surface area contributed by atoms with Gasteiger partial charge < -0.3 is 4.74 Å². The number of halogens is 3. The van der Waals surface area contributed by atoms with E-state index in [1.807, 2.05) is 0 Å². The summed E-state index contributed by atoms with van der Waals surface area (Å²) in [5, 5.41) is 9.74. The number of aromatic nitrogens is 1. The molecule has 0 saturated heterocycles. The molecule has 0 radical (unpaired) electrons. The lowest BCUT2D eigenvalue weighted by Gasteiger charge is -2.14. The number of pyridine rings is 1. The number of rotatable bonds is 6. The third kappa shape index (κ3) is 4.33. The molecule has 1 aromatic heterocycles. The van der Waals surface area contributed by atoms with Gasteiger partial charge in [0.1, 0.15) is 11.4 Å². The van der Waals surface area contributed by atoms with Crippen molar-refractivity contribution in [3.63, 3.8) is 0 Å². The van der Waals surface area contributed by atoms with Crippen LogP contribution in [0, 0.1) is 0 Å². The fraction of sp³-hybridized carbons (Fsp3) is 0.174. The van der Waals surface area contributed by atoms with E-state index in [4.69, 9.17) is 0 Å². The zero-order valence-electron chi connectivity index (χ0n) is 18.2. The third-order valence-electron chi connectivity index (χ3n) is 5.73. The predicted octanol–water partition coefficient (Wildman–Crippen LogP) is 3.59. The molecule has 0 bridgehead atoms. The standard InChI is InChI=1S/C23H16F3N3O6S/c24-23(25,26)35-15-5-7-16(8-6-15)36(33,34)27-18-10-9-17(13-3-4-13)19-20(18)22(31)29(21(19)30)14-2-1-11-28(32)12-14/h1-2,5-13H,3-4H2,(H-,27,31,32)/p+1. The van der Waals surface area contributed by atoms with Crippen molar-refractivity contribution in [3.05, 3.63) is 77.6 Å². The number of nitrogens with zero attached hydrogens (tertiary/aromatic N) is 2. The van der Waals surface area contributed by atoms with E-state index in [1.54, 1.807) is 6.07 Å². The number of alkyl halides is 3. The van der Waals surface area contributed by atoms with Crippen molar-refractivity contribution >= 4 is 33.2 Å². The number of imide groups is 1. The Bertz CT molecular complexity index is 1500. The van der Waals surface area contributed by atoms with Crippen molar-refractivity contribution in [1.82, 2.24) is 0 Å². The van der Waals surface area contributed by atoms with Crippen LogP contribution in [0.25, 0.3) is 0 Å². The molecule has 1 saturated carbocycles. The molecule has 0 atom stereocenters. The van der Waals surface area contributed by atoms with E-state index in [-0.39, 0.29) is 33.3 Å². The van der Waals surface area contributed by atoms with Crippen LogP contribution in [0.5, 0.6) is 5.75 Å². The number of hydrogen-bond donors (Lipinski definition) is 2. The summed E-state index contributed by atoms with van der Waals surface area (Å²) in [6.45, 7) is 0. The summed E-state index contributed by atoms with van der Waals surface area (Å²) >= 11 is 0. The number of ether oxygens (including phenoxy) is 1. The molecule has 13 heteroatoms. The van der Waals surface area contributed by atoms with E-state index in [1.165, 1.54) is 24.4 Å². The molecule has 1 aliphatic carbocycles. The molecular formula is C23H17F3N3O6S+. The maximum absolute atomic E-state index is 13.4. The molecule has 1 fully saturated rings. The fourth-order valence-corrected chi connectivity index (χ4v) is 5.12. The number of amides is 2. The van der Waals surface area contributed by atoms with Gasteiger partial charge in [0, 0.05) is 10.8 Å². The Hall–Kier alpha value is -4.13. The number of hydrogen-bond acceptors (Lipinski definition) is 6. The Labute approximate surface area is 202 Å². The molecule has 2 aromatic carbocycles. The Morgan fingerprint density at radius 2 is 1.67 bits per heavy atom. The summed E-state index contributed by atoms with van der Waals surface area (Å²) in [5.41, 5.74) is 0.485. The van der Waals surface area contributed by atoms with Gasteiger partial charge in [0.2, 0.25) is 12.4 Å². The first-order valence-electron chi connectivity index (χ1n) is 10.6. The van der Waals surface area contributed by atoms with Crippen LogP contribution in [0.3, 0.4) is 0 Å². The lowest BCUT2D eigenvalue weighted by molar-refractivity contribution is -0.904. The summed E-state index contributed by atoms with van der Waals surface area (Å²) < 4.78 is 69.9. The molecule has 9 nitrogen and oxygen atoms in total. The first-order chi connectivity index (χ1) is 16.9. The van der Waals surface area contributed by atoms with Gasteiger partial charge in [-0.3, -0.25) is 19.5 Å². The zero-order chi connectivity index (χ0) is 25.8. The van der Waals surface area contributed by atoms with E-state index in [0.717, 1.165) is 48.2 Å². The quantitative estimate of drug-likeness (QED) is 0.292. The minimum absolute atomic E-state index is 0.0563. The molecule has 36 heavy (non-hydrogen) atoms. The maximum atomic E-state index is 13.4. The van der Waals surface area contributed by atoms with Crippen LogP contribution >= 0.6 is 0 Å².